The summed E-state index contributed by atoms with van der Waals surface area (Å²) in [5.74, 6) is 0. The van der Waals surface area contributed by atoms with E-state index in [2.05, 4.69) is 208 Å². The van der Waals surface area contributed by atoms with Crippen LogP contribution in [0.4, 0.5) is 17.1 Å². The zero-order chi connectivity index (χ0) is 37.4. The highest BCUT2D eigenvalue weighted by molar-refractivity contribution is 5.78. The van der Waals surface area contributed by atoms with Crippen LogP contribution < -0.4 is 10.6 Å². The summed E-state index contributed by atoms with van der Waals surface area (Å²) in [4.78, 5) is 0. The molecule has 1 aliphatic carbocycles. The van der Waals surface area contributed by atoms with Crippen molar-refractivity contribution in [2.24, 2.45) is 0 Å². The minimum absolute atomic E-state index is 0.519. The van der Waals surface area contributed by atoms with Crippen molar-refractivity contribution in [2.75, 3.05) is 10.6 Å². The number of nitrogens with one attached hydrogen (secondary N) is 2. The van der Waals surface area contributed by atoms with Gasteiger partial charge in [0.25, 0.3) is 0 Å². The molecule has 0 heterocycles. The number of hydrogen-bond acceptors (Lipinski definition) is 2. The molecule has 0 unspecified atom stereocenters. The van der Waals surface area contributed by atoms with Gasteiger partial charge >= 0.3 is 0 Å². The van der Waals surface area contributed by atoms with Crippen LogP contribution in [0.25, 0.3) is 11.1 Å². The van der Waals surface area contributed by atoms with Crippen LogP contribution in [-0.2, 0) is 23.8 Å². The van der Waals surface area contributed by atoms with Crippen molar-refractivity contribution in [2.45, 2.75) is 77.2 Å². The molecule has 272 valence electrons. The van der Waals surface area contributed by atoms with Gasteiger partial charge in [0, 0.05) is 17.1 Å². The summed E-state index contributed by atoms with van der Waals surface area (Å²) in [6, 6.07) is 53.8. The summed E-state index contributed by atoms with van der Waals surface area (Å²) in [7, 11) is 0. The maximum atomic E-state index is 3.94. The van der Waals surface area contributed by atoms with Gasteiger partial charge in [-0.1, -0.05) is 171 Å². The monoisotopic (exact) mass is 706 g/mol. The second kappa shape index (κ2) is 16.6. The normalized spacial score (nSPS) is 17.7. The van der Waals surface area contributed by atoms with Gasteiger partial charge in [0.05, 0.1) is 11.0 Å². The standard InChI is InChI=1S/C52H54N2/c1-5-7-12-41-20-24-43(25-21-41)49-38-48(53-46-28-16-39(3)17-29-46)32-33-50(49)51(44-26-22-42(23-27-44)13-8-6-2)34-36-52(37-35-51,45-14-10-9-11-15-45)54-47-30-18-40(4)19-31-47/h9-11,14-38,53-54H,5-8,12-13H2,1-4H3. The van der Waals surface area contributed by atoms with Crippen molar-refractivity contribution in [1.29, 1.82) is 0 Å². The van der Waals surface area contributed by atoms with Gasteiger partial charge < -0.3 is 10.6 Å². The van der Waals surface area contributed by atoms with Crippen LogP contribution >= 0.6 is 0 Å². The molecular formula is C52H54N2. The molecule has 1 aliphatic rings. The number of hydrogen-bond donors (Lipinski definition) is 2. The molecular weight excluding hydrogens is 653 g/mol. The molecule has 0 saturated heterocycles. The number of anilines is 3. The predicted octanol–water partition coefficient (Wildman–Crippen LogP) is 13.8. The first kappa shape index (κ1) is 36.7. The molecule has 0 aliphatic heterocycles. The minimum Gasteiger partial charge on any atom is -0.369 e. The Bertz CT molecular complexity index is 2160. The van der Waals surface area contributed by atoms with E-state index in [-0.39, 0.29) is 0 Å². The van der Waals surface area contributed by atoms with E-state index in [0.29, 0.717) is 0 Å². The number of allylic oxidation sites excluding steroid dienone is 2. The topological polar surface area (TPSA) is 24.1 Å². The fourth-order valence-corrected chi connectivity index (χ4v) is 7.69. The molecule has 2 N–H and O–H groups in total. The quantitative estimate of drug-likeness (QED) is 0.110. The van der Waals surface area contributed by atoms with Crippen molar-refractivity contribution in [3.05, 3.63) is 209 Å². The van der Waals surface area contributed by atoms with Crippen LogP contribution in [-0.4, -0.2) is 0 Å². The van der Waals surface area contributed by atoms with E-state index in [1.54, 1.807) is 0 Å². The smallest absolute Gasteiger partial charge is 0.0998 e. The van der Waals surface area contributed by atoms with Crippen molar-refractivity contribution >= 4 is 17.1 Å². The molecule has 0 spiro atoms. The number of rotatable bonds is 14. The van der Waals surface area contributed by atoms with E-state index in [9.17, 15) is 0 Å². The van der Waals surface area contributed by atoms with E-state index < -0.39 is 11.0 Å². The van der Waals surface area contributed by atoms with E-state index in [1.807, 2.05) is 0 Å². The SMILES string of the molecule is CCCCc1ccc(-c2cc(Nc3ccc(C)cc3)ccc2C2(c3ccc(CCCC)cc3)C=CC(Nc3ccc(C)cc3)(c3ccccc3)C=C2)cc1. The fourth-order valence-electron chi connectivity index (χ4n) is 7.69. The molecule has 54 heavy (non-hydrogen) atoms. The summed E-state index contributed by atoms with van der Waals surface area (Å²) in [5, 5.41) is 7.65. The fraction of sp³-hybridized carbons (Fsp3) is 0.231. The minimum atomic E-state index is -0.533. The third-order valence-corrected chi connectivity index (χ3v) is 11.0. The van der Waals surface area contributed by atoms with Gasteiger partial charge in [0.2, 0.25) is 0 Å². The lowest BCUT2D eigenvalue weighted by molar-refractivity contribution is 0.700. The molecule has 7 rings (SSSR count). The first-order valence-electron chi connectivity index (χ1n) is 19.9. The van der Waals surface area contributed by atoms with Gasteiger partial charge in [-0.05, 0) is 115 Å². The van der Waals surface area contributed by atoms with Crippen molar-refractivity contribution in [3.63, 3.8) is 0 Å². The lowest BCUT2D eigenvalue weighted by Gasteiger charge is -2.40. The highest BCUT2D eigenvalue weighted by Gasteiger charge is 2.39. The molecule has 0 aromatic heterocycles. The molecule has 0 bridgehead atoms. The van der Waals surface area contributed by atoms with Gasteiger partial charge in [-0.3, -0.25) is 0 Å². The molecule has 0 saturated carbocycles. The largest absolute Gasteiger partial charge is 0.369 e. The van der Waals surface area contributed by atoms with Crippen molar-refractivity contribution in [3.8, 4) is 11.1 Å². The van der Waals surface area contributed by atoms with Crippen molar-refractivity contribution in [1.82, 2.24) is 0 Å². The van der Waals surface area contributed by atoms with Crippen LogP contribution in [0.15, 0.2) is 170 Å². The van der Waals surface area contributed by atoms with Crippen LogP contribution in [0, 0.1) is 13.8 Å². The van der Waals surface area contributed by atoms with Gasteiger partial charge in [0.15, 0.2) is 0 Å². The van der Waals surface area contributed by atoms with E-state index >= 15 is 0 Å². The second-order valence-electron chi connectivity index (χ2n) is 15.1. The molecule has 0 amide bonds. The van der Waals surface area contributed by atoms with E-state index in [4.69, 9.17) is 0 Å². The molecule has 6 aromatic carbocycles. The maximum Gasteiger partial charge on any atom is 0.0998 e. The zero-order valence-electron chi connectivity index (χ0n) is 32.4. The lowest BCUT2D eigenvalue weighted by atomic mass is 9.67. The maximum absolute atomic E-state index is 3.94. The Kier molecular flexibility index (Phi) is 11.3. The number of benzene rings is 6. The highest BCUT2D eigenvalue weighted by atomic mass is 15.0. The van der Waals surface area contributed by atoms with Gasteiger partial charge in [-0.2, -0.15) is 0 Å². The van der Waals surface area contributed by atoms with Gasteiger partial charge in [0.1, 0.15) is 0 Å². The first-order chi connectivity index (χ1) is 26.4. The Balaban J connectivity index is 1.39. The van der Waals surface area contributed by atoms with Crippen LogP contribution in [0.3, 0.4) is 0 Å². The Morgan fingerprint density at radius 2 is 1.02 bits per heavy atom. The predicted molar refractivity (Wildman–Crippen MR) is 232 cm³/mol. The average Bonchev–Trinajstić information content (AvgIpc) is 3.22. The van der Waals surface area contributed by atoms with Crippen LogP contribution in [0.1, 0.15) is 78.5 Å². The van der Waals surface area contributed by atoms with Gasteiger partial charge in [-0.15, -0.1) is 0 Å². The number of aryl methyl sites for hydroxylation is 4. The molecule has 0 atom stereocenters. The Morgan fingerprint density at radius 3 is 1.59 bits per heavy atom. The Labute approximate surface area is 323 Å². The molecule has 0 radical (unpaired) electrons. The van der Waals surface area contributed by atoms with E-state index in [1.165, 1.54) is 75.8 Å². The highest BCUT2D eigenvalue weighted by Crippen LogP contribution is 2.47. The zero-order valence-corrected chi connectivity index (χ0v) is 32.4. The van der Waals surface area contributed by atoms with Gasteiger partial charge in [-0.25, -0.2) is 0 Å². The third kappa shape index (κ3) is 8.14. The van der Waals surface area contributed by atoms with E-state index in [0.717, 1.165) is 29.9 Å². The average molecular weight is 707 g/mol. The summed E-state index contributed by atoms with van der Waals surface area (Å²) in [6.45, 7) is 8.79. The Morgan fingerprint density at radius 1 is 0.481 bits per heavy atom. The number of unbranched alkanes of at least 4 members (excludes halogenated alkanes) is 2. The summed E-state index contributed by atoms with van der Waals surface area (Å²) < 4.78 is 0. The van der Waals surface area contributed by atoms with Crippen molar-refractivity contribution < 1.29 is 0 Å². The molecule has 2 heteroatoms. The Hall–Kier alpha value is -5.60. The summed E-state index contributed by atoms with van der Waals surface area (Å²) >= 11 is 0. The molecule has 0 fully saturated rings. The third-order valence-electron chi connectivity index (χ3n) is 11.0. The molecule has 6 aromatic rings. The molecule has 2 nitrogen and oxygen atoms in total. The summed E-state index contributed by atoms with van der Waals surface area (Å²) in [6.07, 6.45) is 16.7. The second-order valence-corrected chi connectivity index (χ2v) is 15.1. The van der Waals surface area contributed by atoms with Crippen LogP contribution in [0.5, 0.6) is 0 Å². The summed E-state index contributed by atoms with van der Waals surface area (Å²) in [5.41, 5.74) is 13.6. The lowest BCUT2D eigenvalue weighted by Crippen LogP contribution is -2.37. The first-order valence-corrected chi connectivity index (χ1v) is 19.9. The van der Waals surface area contributed by atoms with Crippen LogP contribution in [0.2, 0.25) is 0 Å².